The maximum absolute atomic E-state index is 6.59. The van der Waals surface area contributed by atoms with Gasteiger partial charge in [-0.15, -0.1) is 0 Å². The van der Waals surface area contributed by atoms with E-state index >= 15 is 0 Å². The molecule has 0 saturated heterocycles. The summed E-state index contributed by atoms with van der Waals surface area (Å²) in [5.74, 6) is 1.94. The third-order valence-electron chi connectivity index (χ3n) is 6.26. The Hall–Kier alpha value is -1.70. The van der Waals surface area contributed by atoms with Gasteiger partial charge in [0.05, 0.1) is 5.92 Å². The van der Waals surface area contributed by atoms with Crippen LogP contribution in [0.3, 0.4) is 0 Å². The van der Waals surface area contributed by atoms with Gasteiger partial charge in [0.15, 0.2) is 11.5 Å². The van der Waals surface area contributed by atoms with Crippen molar-refractivity contribution in [2.24, 2.45) is 16.7 Å². The monoisotopic (exact) mass is 410 g/mol. The highest BCUT2D eigenvalue weighted by Gasteiger charge is 2.42. The zero-order valence-electron chi connectivity index (χ0n) is 21.3. The minimum Gasteiger partial charge on any atom is -0.450 e. The Morgan fingerprint density at radius 3 is 1.73 bits per heavy atom. The number of benzene rings is 1. The summed E-state index contributed by atoms with van der Waals surface area (Å²) in [5, 5.41) is 0. The molecule has 0 aromatic heterocycles. The Morgan fingerprint density at radius 2 is 1.27 bits per heavy atom. The van der Waals surface area contributed by atoms with Gasteiger partial charge < -0.3 is 9.47 Å². The highest BCUT2D eigenvalue weighted by molar-refractivity contribution is 5.56. The van der Waals surface area contributed by atoms with Crippen molar-refractivity contribution < 1.29 is 9.47 Å². The number of ether oxygens (including phenoxy) is 2. The van der Waals surface area contributed by atoms with E-state index in [-0.39, 0.29) is 33.9 Å². The van der Waals surface area contributed by atoms with Crippen molar-refractivity contribution in [3.8, 4) is 11.5 Å². The molecule has 0 saturated carbocycles. The van der Waals surface area contributed by atoms with E-state index in [1.54, 1.807) is 0 Å². The van der Waals surface area contributed by atoms with Crippen LogP contribution in [0.4, 0.5) is 0 Å². The van der Waals surface area contributed by atoms with Gasteiger partial charge in [-0.1, -0.05) is 107 Å². The summed E-state index contributed by atoms with van der Waals surface area (Å²) in [4.78, 5) is 0. The van der Waals surface area contributed by atoms with Gasteiger partial charge in [-0.05, 0) is 38.9 Å². The van der Waals surface area contributed by atoms with Crippen LogP contribution in [0.25, 0.3) is 0 Å². The predicted octanol–water partition coefficient (Wildman–Crippen LogP) is 7.95. The third kappa shape index (κ3) is 4.34. The first kappa shape index (κ1) is 23.0. The van der Waals surface area contributed by atoms with Crippen molar-refractivity contribution >= 4 is 0 Å². The molecule has 2 unspecified atom stereocenters. The molecule has 1 heterocycles. The van der Waals surface area contributed by atoms with E-state index in [1.165, 1.54) is 22.3 Å². The average molecular weight is 411 g/mol. The van der Waals surface area contributed by atoms with Crippen LogP contribution < -0.4 is 9.47 Å². The molecule has 0 bridgehead atoms. The number of hydrogen-bond acceptors (Lipinski definition) is 2. The number of hydrogen-bond donors (Lipinski definition) is 0. The number of allylic oxidation sites excluding steroid dienone is 2. The standard InChI is InChI=1S/C28H42O2/c1-25(2,3)17-13-19(20(14-17)27(7,8)9)24-29-22-16-18(26(4,5)6)15-21(23(22)30-24)28(10,11)12/h13-16,19,24H,1-12H3. The maximum atomic E-state index is 6.59. The van der Waals surface area contributed by atoms with Gasteiger partial charge in [0.25, 0.3) is 6.29 Å². The molecule has 1 aromatic carbocycles. The molecule has 2 aliphatic rings. The fourth-order valence-corrected chi connectivity index (χ4v) is 4.22. The van der Waals surface area contributed by atoms with Crippen molar-refractivity contribution in [3.05, 3.63) is 46.6 Å². The molecule has 1 aliphatic heterocycles. The van der Waals surface area contributed by atoms with Gasteiger partial charge in [-0.25, -0.2) is 0 Å². The van der Waals surface area contributed by atoms with Crippen LogP contribution >= 0.6 is 0 Å². The quantitative estimate of drug-likeness (QED) is 0.467. The summed E-state index contributed by atoms with van der Waals surface area (Å²) < 4.78 is 13.1. The lowest BCUT2D eigenvalue weighted by atomic mass is 9.80. The molecule has 30 heavy (non-hydrogen) atoms. The fourth-order valence-electron chi connectivity index (χ4n) is 4.22. The first-order valence-corrected chi connectivity index (χ1v) is 11.4. The SMILES string of the molecule is CC(C)(C)C1=CC(C2Oc3cc(C(C)(C)C)cc(C(C)(C)C)c3O2)C(C(C)(C)C)=C1. The van der Waals surface area contributed by atoms with E-state index in [1.807, 2.05) is 0 Å². The van der Waals surface area contributed by atoms with Crippen LogP contribution in [-0.2, 0) is 10.8 Å². The second-order valence-corrected chi connectivity index (χ2v) is 13.2. The van der Waals surface area contributed by atoms with Gasteiger partial charge in [0.2, 0.25) is 0 Å². The summed E-state index contributed by atoms with van der Waals surface area (Å²) in [6.07, 6.45) is 4.44. The normalized spacial score (nSPS) is 22.3. The van der Waals surface area contributed by atoms with E-state index < -0.39 is 0 Å². The Bertz CT molecular complexity index is 887. The van der Waals surface area contributed by atoms with Crippen LogP contribution in [-0.4, -0.2) is 6.29 Å². The molecule has 2 nitrogen and oxygen atoms in total. The predicted molar refractivity (Wildman–Crippen MR) is 127 cm³/mol. The maximum Gasteiger partial charge on any atom is 0.251 e. The van der Waals surface area contributed by atoms with Crippen LogP contribution in [0.5, 0.6) is 11.5 Å². The second kappa shape index (κ2) is 6.90. The highest BCUT2D eigenvalue weighted by Crippen LogP contribution is 2.51. The van der Waals surface area contributed by atoms with Crippen molar-refractivity contribution in [2.75, 3.05) is 0 Å². The molecule has 1 aromatic rings. The molecule has 0 fully saturated rings. The van der Waals surface area contributed by atoms with E-state index in [2.05, 4.69) is 107 Å². The molecule has 2 atom stereocenters. The molecule has 2 heteroatoms. The molecule has 3 rings (SSSR count). The van der Waals surface area contributed by atoms with Crippen molar-refractivity contribution in [3.63, 3.8) is 0 Å². The van der Waals surface area contributed by atoms with Gasteiger partial charge in [0, 0.05) is 5.56 Å². The Kier molecular flexibility index (Phi) is 5.29. The number of fused-ring (bicyclic) bond motifs is 1. The number of rotatable bonds is 1. The van der Waals surface area contributed by atoms with E-state index in [0.717, 1.165) is 11.5 Å². The van der Waals surface area contributed by atoms with Crippen LogP contribution in [0, 0.1) is 16.7 Å². The van der Waals surface area contributed by atoms with Crippen LogP contribution in [0.15, 0.2) is 35.4 Å². The first-order valence-electron chi connectivity index (χ1n) is 11.4. The van der Waals surface area contributed by atoms with Gasteiger partial charge in [-0.2, -0.15) is 0 Å². The Morgan fingerprint density at radius 1 is 0.667 bits per heavy atom. The molecule has 0 radical (unpaired) electrons. The highest BCUT2D eigenvalue weighted by atomic mass is 16.7. The van der Waals surface area contributed by atoms with E-state index in [4.69, 9.17) is 9.47 Å². The summed E-state index contributed by atoms with van der Waals surface area (Å²) in [5.41, 5.74) is 5.47. The Balaban J connectivity index is 2.06. The lowest BCUT2D eigenvalue weighted by molar-refractivity contribution is 0.0192. The molecule has 0 N–H and O–H groups in total. The van der Waals surface area contributed by atoms with Crippen molar-refractivity contribution in [1.29, 1.82) is 0 Å². The topological polar surface area (TPSA) is 18.5 Å². The van der Waals surface area contributed by atoms with Crippen molar-refractivity contribution in [1.82, 2.24) is 0 Å². The lowest BCUT2D eigenvalue weighted by Gasteiger charge is -2.29. The van der Waals surface area contributed by atoms with Crippen LogP contribution in [0.1, 0.15) is 94.2 Å². The zero-order valence-corrected chi connectivity index (χ0v) is 21.3. The molecular formula is C28H42O2. The van der Waals surface area contributed by atoms with Crippen molar-refractivity contribution in [2.45, 2.75) is 100 Å². The molecule has 0 amide bonds. The first-order chi connectivity index (χ1) is 13.4. The molecule has 1 aliphatic carbocycles. The second-order valence-electron chi connectivity index (χ2n) is 13.2. The van der Waals surface area contributed by atoms with Gasteiger partial charge >= 0.3 is 0 Å². The largest absolute Gasteiger partial charge is 0.450 e. The summed E-state index contributed by atoms with van der Waals surface area (Å²) >= 11 is 0. The van der Waals surface area contributed by atoms with Gasteiger partial charge in [0.1, 0.15) is 0 Å². The van der Waals surface area contributed by atoms with Gasteiger partial charge in [-0.3, -0.25) is 0 Å². The molecule has 0 spiro atoms. The van der Waals surface area contributed by atoms with E-state index in [9.17, 15) is 0 Å². The van der Waals surface area contributed by atoms with Crippen LogP contribution in [0.2, 0.25) is 0 Å². The minimum absolute atomic E-state index is 0.0195. The minimum atomic E-state index is -0.318. The summed E-state index contributed by atoms with van der Waals surface area (Å²) in [6.45, 7) is 27.2. The molecule has 166 valence electrons. The molecular weight excluding hydrogens is 368 g/mol. The zero-order chi connectivity index (χ0) is 22.9. The smallest absolute Gasteiger partial charge is 0.251 e. The Labute approximate surface area is 184 Å². The van der Waals surface area contributed by atoms with E-state index in [0.29, 0.717) is 0 Å². The lowest BCUT2D eigenvalue weighted by Crippen LogP contribution is -2.32. The average Bonchev–Trinajstić information content (AvgIpc) is 3.15. The summed E-state index contributed by atoms with van der Waals surface area (Å²) in [6, 6.07) is 4.50. The fraction of sp³-hybridized carbons (Fsp3) is 0.643. The third-order valence-corrected chi connectivity index (χ3v) is 6.26. The summed E-state index contributed by atoms with van der Waals surface area (Å²) in [7, 11) is 0.